The number of amides is 1. The second-order valence-electron chi connectivity index (χ2n) is 5.40. The van der Waals surface area contributed by atoms with Crippen molar-refractivity contribution >= 4 is 23.4 Å². The van der Waals surface area contributed by atoms with Crippen LogP contribution in [-0.4, -0.2) is 41.9 Å². The molecular formula is C16H23N3OS. The lowest BCUT2D eigenvalue weighted by molar-refractivity contribution is -0.120. The first-order valence-corrected chi connectivity index (χ1v) is 8.39. The van der Waals surface area contributed by atoms with Crippen LogP contribution in [0.5, 0.6) is 0 Å². The molecule has 1 atom stereocenters. The van der Waals surface area contributed by atoms with Gasteiger partial charge in [-0.05, 0) is 19.5 Å². The average molecular weight is 305 g/mol. The molecule has 2 rings (SSSR count). The van der Waals surface area contributed by atoms with E-state index in [2.05, 4.69) is 34.6 Å². The van der Waals surface area contributed by atoms with Gasteiger partial charge in [0.2, 0.25) is 0 Å². The van der Waals surface area contributed by atoms with Gasteiger partial charge in [0.25, 0.3) is 5.91 Å². The molecule has 1 amide bonds. The Labute approximate surface area is 131 Å². The average Bonchev–Trinajstić information content (AvgIpc) is 2.52. The van der Waals surface area contributed by atoms with Gasteiger partial charge >= 0.3 is 0 Å². The van der Waals surface area contributed by atoms with Gasteiger partial charge in [-0.1, -0.05) is 30.3 Å². The van der Waals surface area contributed by atoms with E-state index in [9.17, 15) is 4.79 Å². The highest BCUT2D eigenvalue weighted by atomic mass is 32.2. The first kappa shape index (κ1) is 16.0. The number of benzene rings is 1. The summed E-state index contributed by atoms with van der Waals surface area (Å²) < 4.78 is 0. The molecule has 1 aliphatic heterocycles. The Morgan fingerprint density at radius 1 is 1.33 bits per heavy atom. The molecule has 0 aliphatic carbocycles. The minimum Gasteiger partial charge on any atom is -0.306 e. The van der Waals surface area contributed by atoms with Crippen LogP contribution in [0.25, 0.3) is 0 Å². The van der Waals surface area contributed by atoms with E-state index in [0.29, 0.717) is 0 Å². The molecule has 1 aliphatic rings. The van der Waals surface area contributed by atoms with Gasteiger partial charge in [-0.25, -0.2) is 5.43 Å². The summed E-state index contributed by atoms with van der Waals surface area (Å²) >= 11 is 1.64. The molecule has 0 aromatic heterocycles. The maximum Gasteiger partial charge on any atom is 0.252 e. The first-order valence-electron chi connectivity index (χ1n) is 7.34. The van der Waals surface area contributed by atoms with Gasteiger partial charge in [-0.2, -0.15) is 5.10 Å². The Hall–Kier alpha value is -1.33. The van der Waals surface area contributed by atoms with E-state index in [0.717, 1.165) is 37.4 Å². The first-order chi connectivity index (χ1) is 10.1. The number of rotatable bonds is 5. The predicted octanol–water partition coefficient (Wildman–Crippen LogP) is 2.51. The van der Waals surface area contributed by atoms with Crippen molar-refractivity contribution in [3.8, 4) is 0 Å². The fourth-order valence-electron chi connectivity index (χ4n) is 2.08. The van der Waals surface area contributed by atoms with Crippen molar-refractivity contribution in [2.45, 2.75) is 30.8 Å². The molecule has 0 radical (unpaired) electrons. The van der Waals surface area contributed by atoms with Crippen LogP contribution in [-0.2, 0) is 10.5 Å². The van der Waals surface area contributed by atoms with Crippen LogP contribution >= 0.6 is 11.8 Å². The van der Waals surface area contributed by atoms with Crippen molar-refractivity contribution in [3.63, 3.8) is 0 Å². The van der Waals surface area contributed by atoms with E-state index in [1.54, 1.807) is 11.8 Å². The minimum absolute atomic E-state index is 0.0117. The molecule has 0 unspecified atom stereocenters. The molecule has 1 aromatic carbocycles. The monoisotopic (exact) mass is 305 g/mol. The third kappa shape index (κ3) is 5.52. The lowest BCUT2D eigenvalue weighted by atomic mass is 10.1. The number of thioether (sulfide) groups is 1. The fourth-order valence-corrected chi connectivity index (χ4v) is 2.92. The third-order valence-electron chi connectivity index (χ3n) is 3.60. The number of piperidine rings is 1. The highest BCUT2D eigenvalue weighted by molar-refractivity contribution is 7.99. The molecule has 0 saturated carbocycles. The van der Waals surface area contributed by atoms with Gasteiger partial charge < -0.3 is 4.90 Å². The van der Waals surface area contributed by atoms with E-state index >= 15 is 0 Å². The summed E-state index contributed by atoms with van der Waals surface area (Å²) in [5.41, 5.74) is 5.05. The molecule has 114 valence electrons. The summed E-state index contributed by atoms with van der Waals surface area (Å²) in [6.07, 6.45) is 1.89. The zero-order chi connectivity index (χ0) is 15.1. The number of hydrogen-bond donors (Lipinski definition) is 1. The van der Waals surface area contributed by atoms with E-state index in [4.69, 9.17) is 0 Å². The van der Waals surface area contributed by atoms with E-state index < -0.39 is 0 Å². The number of hydrazone groups is 1. The molecule has 1 aromatic rings. The van der Waals surface area contributed by atoms with Crippen molar-refractivity contribution in [2.75, 3.05) is 20.1 Å². The SMILES string of the molecule is C[C@H](SCc1ccccc1)C(=O)NN=C1CCN(C)CC1. The predicted molar refractivity (Wildman–Crippen MR) is 89.5 cm³/mol. The Morgan fingerprint density at radius 3 is 2.67 bits per heavy atom. The molecule has 0 spiro atoms. The van der Waals surface area contributed by atoms with Crippen LogP contribution in [0.3, 0.4) is 0 Å². The number of carbonyl (C=O) groups excluding carboxylic acids is 1. The molecule has 1 N–H and O–H groups in total. The van der Waals surface area contributed by atoms with Gasteiger partial charge in [-0.3, -0.25) is 4.79 Å². The van der Waals surface area contributed by atoms with Crippen LogP contribution < -0.4 is 5.43 Å². The summed E-state index contributed by atoms with van der Waals surface area (Å²) in [5.74, 6) is 0.832. The van der Waals surface area contributed by atoms with Crippen LogP contribution in [0, 0.1) is 0 Å². The van der Waals surface area contributed by atoms with Gasteiger partial charge in [-0.15, -0.1) is 11.8 Å². The smallest absolute Gasteiger partial charge is 0.252 e. The van der Waals surface area contributed by atoms with Crippen molar-refractivity contribution in [2.24, 2.45) is 5.10 Å². The van der Waals surface area contributed by atoms with Gasteiger partial charge in [0.05, 0.1) is 5.25 Å². The summed E-state index contributed by atoms with van der Waals surface area (Å²) in [6, 6.07) is 10.2. The normalized spacial score (nSPS) is 17.3. The summed E-state index contributed by atoms with van der Waals surface area (Å²) in [6.45, 7) is 3.97. The lowest BCUT2D eigenvalue weighted by Crippen LogP contribution is -2.33. The maximum absolute atomic E-state index is 12.0. The highest BCUT2D eigenvalue weighted by Crippen LogP contribution is 2.17. The van der Waals surface area contributed by atoms with Gasteiger partial charge in [0.1, 0.15) is 0 Å². The fraction of sp³-hybridized carbons (Fsp3) is 0.500. The number of hydrogen-bond acceptors (Lipinski definition) is 4. The number of nitrogens with zero attached hydrogens (tertiary/aromatic N) is 2. The maximum atomic E-state index is 12.0. The Morgan fingerprint density at radius 2 is 2.00 bits per heavy atom. The molecular weight excluding hydrogens is 282 g/mol. The highest BCUT2D eigenvalue weighted by Gasteiger charge is 2.15. The van der Waals surface area contributed by atoms with E-state index in [1.807, 2.05) is 25.1 Å². The molecule has 1 saturated heterocycles. The van der Waals surface area contributed by atoms with Gasteiger partial charge in [0, 0.05) is 37.4 Å². The number of carbonyl (C=O) groups is 1. The van der Waals surface area contributed by atoms with Crippen LogP contribution in [0.2, 0.25) is 0 Å². The van der Waals surface area contributed by atoms with Gasteiger partial charge in [0.15, 0.2) is 0 Å². The Kier molecular flexibility index (Phi) is 6.26. The lowest BCUT2D eigenvalue weighted by Gasteiger charge is -2.22. The van der Waals surface area contributed by atoms with Crippen LogP contribution in [0.4, 0.5) is 0 Å². The van der Waals surface area contributed by atoms with E-state index in [1.165, 1.54) is 5.56 Å². The number of nitrogens with one attached hydrogen (secondary N) is 1. The Bertz CT molecular complexity index is 480. The quantitative estimate of drug-likeness (QED) is 0.850. The Balaban J connectivity index is 1.73. The largest absolute Gasteiger partial charge is 0.306 e. The molecule has 21 heavy (non-hydrogen) atoms. The van der Waals surface area contributed by atoms with Crippen molar-refractivity contribution in [3.05, 3.63) is 35.9 Å². The van der Waals surface area contributed by atoms with E-state index in [-0.39, 0.29) is 11.2 Å². The molecule has 5 heteroatoms. The molecule has 1 fully saturated rings. The molecule has 0 bridgehead atoms. The van der Waals surface area contributed by atoms with Crippen molar-refractivity contribution in [1.29, 1.82) is 0 Å². The second kappa shape index (κ2) is 8.20. The minimum atomic E-state index is -0.0965. The summed E-state index contributed by atoms with van der Waals surface area (Å²) in [7, 11) is 2.11. The zero-order valence-electron chi connectivity index (χ0n) is 12.7. The zero-order valence-corrected chi connectivity index (χ0v) is 13.5. The van der Waals surface area contributed by atoms with Crippen LogP contribution in [0.15, 0.2) is 35.4 Å². The molecule has 1 heterocycles. The van der Waals surface area contributed by atoms with Crippen molar-refractivity contribution in [1.82, 2.24) is 10.3 Å². The van der Waals surface area contributed by atoms with Crippen LogP contribution in [0.1, 0.15) is 25.3 Å². The van der Waals surface area contributed by atoms with Crippen molar-refractivity contribution < 1.29 is 4.79 Å². The summed E-state index contributed by atoms with van der Waals surface area (Å²) in [4.78, 5) is 14.3. The second-order valence-corrected chi connectivity index (χ2v) is 6.73. The molecule has 4 nitrogen and oxygen atoms in total. The third-order valence-corrected chi connectivity index (χ3v) is 4.81. The topological polar surface area (TPSA) is 44.7 Å². The number of likely N-dealkylation sites (tertiary alicyclic amines) is 1. The standard InChI is InChI=1S/C16H23N3OS/c1-13(21-12-14-6-4-3-5-7-14)16(20)18-17-15-8-10-19(2)11-9-15/h3-7,13H,8-12H2,1-2H3,(H,18,20)/t13-/m0/s1. The summed E-state index contributed by atoms with van der Waals surface area (Å²) in [5, 5.41) is 4.17.